The number of carboxylic acids is 1. The second-order valence-electron chi connectivity index (χ2n) is 8.86. The van der Waals surface area contributed by atoms with Gasteiger partial charge in [-0.25, -0.2) is 4.79 Å². The van der Waals surface area contributed by atoms with Crippen molar-refractivity contribution in [1.29, 1.82) is 0 Å². The van der Waals surface area contributed by atoms with Crippen LogP contribution in [-0.4, -0.2) is 55.9 Å². The third-order valence-electron chi connectivity index (χ3n) is 5.59. The Morgan fingerprint density at radius 3 is 1.93 bits per heavy atom. The van der Waals surface area contributed by atoms with Crippen LogP contribution < -0.4 is 16.0 Å². The zero-order valence-electron chi connectivity index (χ0n) is 21.5. The van der Waals surface area contributed by atoms with Crippen molar-refractivity contribution in [2.75, 3.05) is 6.54 Å². The molecule has 0 bridgehead atoms. The van der Waals surface area contributed by atoms with Gasteiger partial charge in [-0.15, -0.1) is 0 Å². The summed E-state index contributed by atoms with van der Waals surface area (Å²) in [6, 6.07) is 15.4. The summed E-state index contributed by atoms with van der Waals surface area (Å²) in [5.74, 6) is -3.10. The molecule has 208 valence electrons. The van der Waals surface area contributed by atoms with Gasteiger partial charge in [-0.1, -0.05) is 30.3 Å². The number of benzene rings is 3. The van der Waals surface area contributed by atoms with E-state index in [4.69, 9.17) is 0 Å². The fourth-order valence-electron chi connectivity index (χ4n) is 3.66. The van der Waals surface area contributed by atoms with E-state index >= 15 is 0 Å². The molecule has 0 saturated carbocycles. The first-order valence-corrected chi connectivity index (χ1v) is 12.1. The Kier molecular flexibility index (Phi) is 9.73. The Hall–Kier alpha value is -5.45. The van der Waals surface area contributed by atoms with Crippen molar-refractivity contribution in [1.82, 2.24) is 16.0 Å². The van der Waals surface area contributed by atoms with E-state index in [1.807, 2.05) is 0 Å². The van der Waals surface area contributed by atoms with Crippen LogP contribution in [0.25, 0.3) is 12.2 Å². The maximum Gasteiger partial charge on any atom is 0.351 e. The molecule has 0 unspecified atom stereocenters. The highest BCUT2D eigenvalue weighted by molar-refractivity contribution is 6.01. The lowest BCUT2D eigenvalue weighted by molar-refractivity contribution is -0.133. The molecule has 0 aliphatic rings. The molecular weight excluding hydrogens is 518 g/mol. The first kappa shape index (κ1) is 29.1. The van der Waals surface area contributed by atoms with Gasteiger partial charge in [0.15, 0.2) is 11.5 Å². The van der Waals surface area contributed by atoms with Gasteiger partial charge in [-0.05, 0) is 71.7 Å². The molecule has 0 spiro atoms. The predicted octanol–water partition coefficient (Wildman–Crippen LogP) is 2.43. The number of hydrogen-bond acceptors (Lipinski definition) is 8. The molecule has 0 aliphatic carbocycles. The van der Waals surface area contributed by atoms with E-state index in [-0.39, 0.29) is 41.6 Å². The first-order chi connectivity index (χ1) is 19.0. The van der Waals surface area contributed by atoms with E-state index in [9.17, 15) is 39.9 Å². The van der Waals surface area contributed by atoms with Crippen LogP contribution in [0.3, 0.4) is 0 Å². The topological polar surface area (TPSA) is 188 Å². The number of phenols is 4. The second kappa shape index (κ2) is 13.4. The summed E-state index contributed by atoms with van der Waals surface area (Å²) in [6.45, 7) is 1.19. The molecule has 3 aromatic carbocycles. The molecule has 11 heteroatoms. The number of aromatic hydroxyl groups is 4. The monoisotopic (exact) mass is 547 g/mol. The van der Waals surface area contributed by atoms with Gasteiger partial charge in [0, 0.05) is 13.5 Å². The van der Waals surface area contributed by atoms with Gasteiger partial charge in [0.1, 0.15) is 22.9 Å². The Morgan fingerprint density at radius 1 is 0.775 bits per heavy atom. The number of rotatable bonds is 11. The first-order valence-electron chi connectivity index (χ1n) is 12.1. The Labute approximate surface area is 229 Å². The number of carboxylic acid groups (broad SMARTS) is 1. The zero-order valence-corrected chi connectivity index (χ0v) is 21.5. The van der Waals surface area contributed by atoms with Crippen molar-refractivity contribution >= 4 is 29.9 Å². The summed E-state index contributed by atoms with van der Waals surface area (Å²) < 4.78 is 0. The SMILES string of the molecule is CC(=O)N/C(=C\c1ccc(O)cc1)C(=O)N[C@H](CN/C(=C/c1ccc(O)c(O)c1)C(=O)O)Cc1ccc(O)cc1. The lowest BCUT2D eigenvalue weighted by Crippen LogP contribution is -2.46. The highest BCUT2D eigenvalue weighted by Crippen LogP contribution is 2.25. The minimum absolute atomic E-state index is 0.0347. The molecule has 0 radical (unpaired) electrons. The van der Waals surface area contributed by atoms with Gasteiger partial charge in [-0.2, -0.15) is 0 Å². The maximum absolute atomic E-state index is 13.3. The average Bonchev–Trinajstić information content (AvgIpc) is 2.90. The molecule has 0 aliphatic heterocycles. The number of carbonyl (C=O) groups is 3. The van der Waals surface area contributed by atoms with Crippen LogP contribution in [0, 0.1) is 0 Å². The van der Waals surface area contributed by atoms with Gasteiger partial charge in [0.2, 0.25) is 5.91 Å². The molecule has 1 atom stereocenters. The Bertz CT molecular complexity index is 1430. The lowest BCUT2D eigenvalue weighted by atomic mass is 10.0. The maximum atomic E-state index is 13.3. The molecule has 3 rings (SSSR count). The number of nitrogens with one attached hydrogen (secondary N) is 3. The van der Waals surface area contributed by atoms with Crippen LogP contribution in [0.1, 0.15) is 23.6 Å². The second-order valence-corrected chi connectivity index (χ2v) is 8.86. The van der Waals surface area contributed by atoms with E-state index < -0.39 is 29.6 Å². The van der Waals surface area contributed by atoms with Gasteiger partial charge in [0.05, 0.1) is 6.04 Å². The van der Waals surface area contributed by atoms with E-state index in [1.165, 1.54) is 61.5 Å². The number of amides is 2. The molecule has 11 nitrogen and oxygen atoms in total. The van der Waals surface area contributed by atoms with Crippen LogP contribution >= 0.6 is 0 Å². The van der Waals surface area contributed by atoms with Crippen molar-refractivity contribution in [3.05, 3.63) is 94.8 Å². The molecule has 3 aromatic rings. The Morgan fingerprint density at radius 2 is 1.35 bits per heavy atom. The quantitative estimate of drug-likeness (QED) is 0.132. The Balaban J connectivity index is 1.86. The van der Waals surface area contributed by atoms with Crippen LogP contribution in [0.2, 0.25) is 0 Å². The van der Waals surface area contributed by atoms with Crippen LogP contribution in [0.5, 0.6) is 23.0 Å². The highest BCUT2D eigenvalue weighted by atomic mass is 16.4. The van der Waals surface area contributed by atoms with Crippen LogP contribution in [0.4, 0.5) is 0 Å². The van der Waals surface area contributed by atoms with Crippen LogP contribution in [0.15, 0.2) is 78.1 Å². The van der Waals surface area contributed by atoms with Gasteiger partial charge >= 0.3 is 5.97 Å². The summed E-state index contributed by atoms with van der Waals surface area (Å²) in [4.78, 5) is 37.0. The normalized spacial score (nSPS) is 12.3. The van der Waals surface area contributed by atoms with E-state index in [0.717, 1.165) is 5.56 Å². The predicted molar refractivity (Wildman–Crippen MR) is 147 cm³/mol. The van der Waals surface area contributed by atoms with Crippen molar-refractivity contribution in [2.45, 2.75) is 19.4 Å². The van der Waals surface area contributed by atoms with E-state index in [2.05, 4.69) is 16.0 Å². The van der Waals surface area contributed by atoms with E-state index in [1.54, 1.807) is 24.3 Å². The standard InChI is InChI=1S/C29H29N3O8/c1-17(33)31-24(13-19-4-9-23(35)10-5-19)28(38)32-21(12-18-2-7-22(34)8-3-18)16-30-25(29(39)40)14-20-6-11-26(36)27(37)15-20/h2-11,13-15,21,30,34-37H,12,16H2,1H3,(H,31,33)(H,32,38)(H,39,40)/b24-13-,25-14+/t21-/m0/s1. The third kappa shape index (κ3) is 8.84. The molecule has 0 saturated heterocycles. The number of aliphatic carboxylic acids is 1. The molecule has 0 fully saturated rings. The molecular formula is C29H29N3O8. The fraction of sp³-hybridized carbons (Fsp3) is 0.138. The van der Waals surface area contributed by atoms with E-state index in [0.29, 0.717) is 11.1 Å². The summed E-state index contributed by atoms with van der Waals surface area (Å²) >= 11 is 0. The third-order valence-corrected chi connectivity index (χ3v) is 5.59. The summed E-state index contributed by atoms with van der Waals surface area (Å²) in [7, 11) is 0. The van der Waals surface area contributed by atoms with Gasteiger partial charge in [-0.3, -0.25) is 9.59 Å². The molecule has 2 amide bonds. The summed E-state index contributed by atoms with van der Waals surface area (Å²) in [5.41, 5.74) is 1.28. The minimum Gasteiger partial charge on any atom is -0.508 e. The molecule has 0 aromatic heterocycles. The summed E-state index contributed by atoms with van der Waals surface area (Å²) in [5, 5.41) is 56.2. The van der Waals surface area contributed by atoms with Gasteiger partial charge < -0.3 is 41.5 Å². The smallest absolute Gasteiger partial charge is 0.351 e. The number of carbonyl (C=O) groups excluding carboxylic acids is 2. The van der Waals surface area contributed by atoms with Crippen molar-refractivity contribution in [3.8, 4) is 23.0 Å². The number of phenolic OH excluding ortho intramolecular Hbond substituents is 4. The largest absolute Gasteiger partial charge is 0.508 e. The molecule has 40 heavy (non-hydrogen) atoms. The fourth-order valence-corrected chi connectivity index (χ4v) is 3.66. The highest BCUT2D eigenvalue weighted by Gasteiger charge is 2.19. The molecule has 0 heterocycles. The molecule has 8 N–H and O–H groups in total. The van der Waals surface area contributed by atoms with Crippen molar-refractivity contribution < 1.29 is 39.9 Å². The minimum atomic E-state index is -1.30. The zero-order chi connectivity index (χ0) is 29.2. The van der Waals surface area contributed by atoms with Gasteiger partial charge in [0.25, 0.3) is 5.91 Å². The number of hydrogen-bond donors (Lipinski definition) is 8. The van der Waals surface area contributed by atoms with Crippen molar-refractivity contribution in [3.63, 3.8) is 0 Å². The van der Waals surface area contributed by atoms with Crippen LogP contribution in [-0.2, 0) is 20.8 Å². The lowest BCUT2D eigenvalue weighted by Gasteiger charge is -2.21. The summed E-state index contributed by atoms with van der Waals surface area (Å²) in [6.07, 6.45) is 2.92. The average molecular weight is 548 g/mol. The van der Waals surface area contributed by atoms with Crippen molar-refractivity contribution in [2.24, 2.45) is 0 Å².